The molecule has 3 rings (SSSR count). The van der Waals surface area contributed by atoms with Gasteiger partial charge in [-0.2, -0.15) is 4.98 Å². The van der Waals surface area contributed by atoms with Gasteiger partial charge >= 0.3 is 17.9 Å². The molecule has 0 unspecified atom stereocenters. The first-order valence-electron chi connectivity index (χ1n) is 10.4. The lowest BCUT2D eigenvalue weighted by molar-refractivity contribution is -0.152. The molecule has 1 N–H and O–H groups in total. The van der Waals surface area contributed by atoms with Gasteiger partial charge in [-0.15, -0.1) is 0 Å². The van der Waals surface area contributed by atoms with Crippen molar-refractivity contribution in [1.29, 1.82) is 0 Å². The predicted octanol–water partition coefficient (Wildman–Crippen LogP) is 4.01. The van der Waals surface area contributed by atoms with Crippen LogP contribution in [0.2, 0.25) is 0 Å². The smallest absolute Gasteiger partial charge is 0.325 e. The Labute approximate surface area is 196 Å². The summed E-state index contributed by atoms with van der Waals surface area (Å²) in [6.45, 7) is 7.82. The van der Waals surface area contributed by atoms with Crippen LogP contribution in [0, 0.1) is 0 Å². The van der Waals surface area contributed by atoms with Gasteiger partial charge in [0.15, 0.2) is 0 Å². The van der Waals surface area contributed by atoms with Gasteiger partial charge in [-0.05, 0) is 45.0 Å². The highest BCUT2D eigenvalue weighted by Gasteiger charge is 2.20. The van der Waals surface area contributed by atoms with E-state index in [4.69, 9.17) is 18.7 Å². The minimum absolute atomic E-state index is 0.0756. The summed E-state index contributed by atoms with van der Waals surface area (Å²) in [7, 11) is 0. The molecule has 1 heterocycles. The molecule has 2 aromatic carbocycles. The minimum atomic E-state index is -0.602. The average Bonchev–Trinajstić information content (AvgIpc) is 3.20. The first-order valence-corrected chi connectivity index (χ1v) is 10.4. The monoisotopic (exact) mass is 467 g/mol. The molecule has 34 heavy (non-hydrogen) atoms. The number of aromatic nitrogens is 2. The number of carbonyl (C=O) groups excluding carboxylic acids is 3. The highest BCUT2D eigenvalue weighted by Crippen LogP contribution is 2.35. The molecular weight excluding hydrogens is 442 g/mol. The van der Waals surface area contributed by atoms with Crippen molar-refractivity contribution in [3.63, 3.8) is 0 Å². The summed E-state index contributed by atoms with van der Waals surface area (Å²) < 4.78 is 21.2. The largest absolute Gasteiger partial charge is 0.459 e. The van der Waals surface area contributed by atoms with Gasteiger partial charge in [0.25, 0.3) is 5.89 Å². The number of esters is 3. The van der Waals surface area contributed by atoms with Gasteiger partial charge in [-0.1, -0.05) is 17.3 Å². The van der Waals surface area contributed by atoms with E-state index in [1.165, 1.54) is 19.9 Å². The van der Waals surface area contributed by atoms with E-state index in [2.05, 4.69) is 15.5 Å². The fraction of sp³-hybridized carbons (Fsp3) is 0.292. The summed E-state index contributed by atoms with van der Waals surface area (Å²) in [4.78, 5) is 39.4. The lowest BCUT2D eigenvalue weighted by Crippen LogP contribution is -2.28. The number of nitrogens with zero attached hydrogens (tertiary/aromatic N) is 2. The lowest BCUT2D eigenvalue weighted by atomic mass is 10.1. The standard InChI is InChI=1S/C24H25N3O7/c1-14(28)31-19-9-7-6-8-17(19)22-26-23(34-27-22)18-11-10-16(12-20(18)32-15(2)29)25-13-21(30)33-24(3,4)5/h6-12,25H,13H2,1-5H3. The van der Waals surface area contributed by atoms with Crippen molar-refractivity contribution in [2.45, 2.75) is 40.2 Å². The number of para-hydroxylation sites is 1. The Balaban J connectivity index is 1.87. The maximum absolute atomic E-state index is 12.0. The van der Waals surface area contributed by atoms with Crippen LogP contribution in [-0.4, -0.2) is 40.2 Å². The van der Waals surface area contributed by atoms with E-state index in [0.29, 0.717) is 16.8 Å². The van der Waals surface area contributed by atoms with E-state index < -0.39 is 23.5 Å². The Kier molecular flexibility index (Phi) is 7.30. The van der Waals surface area contributed by atoms with Crippen LogP contribution in [0.15, 0.2) is 47.0 Å². The van der Waals surface area contributed by atoms with Crippen LogP contribution < -0.4 is 14.8 Å². The van der Waals surface area contributed by atoms with E-state index in [1.54, 1.807) is 57.2 Å². The van der Waals surface area contributed by atoms with Crippen LogP contribution in [-0.2, 0) is 19.1 Å². The zero-order valence-corrected chi connectivity index (χ0v) is 19.5. The van der Waals surface area contributed by atoms with Crippen molar-refractivity contribution >= 4 is 23.6 Å². The molecule has 0 radical (unpaired) electrons. The number of hydrogen-bond acceptors (Lipinski definition) is 10. The molecule has 3 aromatic rings. The second-order valence-corrected chi connectivity index (χ2v) is 8.26. The Morgan fingerprint density at radius 1 is 0.941 bits per heavy atom. The summed E-state index contributed by atoms with van der Waals surface area (Å²) in [5.41, 5.74) is 0.736. The Bertz CT molecular complexity index is 1210. The molecule has 0 amide bonds. The van der Waals surface area contributed by atoms with E-state index in [-0.39, 0.29) is 29.8 Å². The van der Waals surface area contributed by atoms with Crippen LogP contribution in [0.1, 0.15) is 34.6 Å². The van der Waals surface area contributed by atoms with Gasteiger partial charge in [0, 0.05) is 25.6 Å². The molecule has 0 saturated heterocycles. The zero-order valence-electron chi connectivity index (χ0n) is 19.5. The van der Waals surface area contributed by atoms with Gasteiger partial charge in [-0.3, -0.25) is 14.4 Å². The Hall–Kier alpha value is -4.21. The van der Waals surface area contributed by atoms with E-state index in [0.717, 1.165) is 0 Å². The first kappa shape index (κ1) is 24.4. The summed E-state index contributed by atoms with van der Waals surface area (Å²) >= 11 is 0. The second-order valence-electron chi connectivity index (χ2n) is 8.26. The number of ether oxygens (including phenoxy) is 3. The molecule has 0 aliphatic carbocycles. The minimum Gasteiger partial charge on any atom is -0.459 e. The second kappa shape index (κ2) is 10.2. The van der Waals surface area contributed by atoms with Crippen LogP contribution in [0.4, 0.5) is 5.69 Å². The molecule has 10 heteroatoms. The molecule has 1 aromatic heterocycles. The fourth-order valence-corrected chi connectivity index (χ4v) is 2.94. The topological polar surface area (TPSA) is 130 Å². The van der Waals surface area contributed by atoms with Gasteiger partial charge in [0.1, 0.15) is 23.6 Å². The van der Waals surface area contributed by atoms with Gasteiger partial charge in [-0.25, -0.2) is 0 Å². The van der Waals surface area contributed by atoms with E-state index >= 15 is 0 Å². The molecule has 0 bridgehead atoms. The molecule has 0 aliphatic heterocycles. The molecular formula is C24H25N3O7. The maximum atomic E-state index is 12.0. The van der Waals surface area contributed by atoms with Crippen LogP contribution >= 0.6 is 0 Å². The van der Waals surface area contributed by atoms with Crippen molar-refractivity contribution in [3.05, 3.63) is 42.5 Å². The van der Waals surface area contributed by atoms with Gasteiger partial charge in [0.05, 0.1) is 11.1 Å². The molecule has 10 nitrogen and oxygen atoms in total. The molecule has 0 fully saturated rings. The fourth-order valence-electron chi connectivity index (χ4n) is 2.94. The predicted molar refractivity (Wildman–Crippen MR) is 122 cm³/mol. The highest BCUT2D eigenvalue weighted by molar-refractivity contribution is 5.79. The Morgan fingerprint density at radius 2 is 1.62 bits per heavy atom. The molecule has 0 spiro atoms. The maximum Gasteiger partial charge on any atom is 0.325 e. The number of benzene rings is 2. The number of hydrogen-bond donors (Lipinski definition) is 1. The molecule has 178 valence electrons. The highest BCUT2D eigenvalue weighted by atomic mass is 16.6. The number of carbonyl (C=O) groups is 3. The van der Waals surface area contributed by atoms with Crippen LogP contribution in [0.25, 0.3) is 22.8 Å². The average molecular weight is 467 g/mol. The molecule has 0 aliphatic rings. The van der Waals surface area contributed by atoms with Crippen molar-refractivity contribution in [3.8, 4) is 34.3 Å². The summed E-state index contributed by atoms with van der Waals surface area (Å²) in [6, 6.07) is 11.6. The van der Waals surface area contributed by atoms with Crippen molar-refractivity contribution in [2.24, 2.45) is 0 Å². The summed E-state index contributed by atoms with van der Waals surface area (Å²) in [5.74, 6) is -0.753. The van der Waals surface area contributed by atoms with Crippen molar-refractivity contribution < 1.29 is 33.1 Å². The van der Waals surface area contributed by atoms with Crippen molar-refractivity contribution in [1.82, 2.24) is 10.1 Å². The Morgan fingerprint density at radius 3 is 2.29 bits per heavy atom. The van der Waals surface area contributed by atoms with E-state index in [9.17, 15) is 14.4 Å². The van der Waals surface area contributed by atoms with Gasteiger partial charge in [0.2, 0.25) is 5.82 Å². The van der Waals surface area contributed by atoms with Gasteiger partial charge < -0.3 is 24.1 Å². The summed E-state index contributed by atoms with van der Waals surface area (Å²) in [6.07, 6.45) is 0. The molecule has 0 saturated carbocycles. The third kappa shape index (κ3) is 6.64. The first-order chi connectivity index (χ1) is 16.0. The molecule has 0 atom stereocenters. The van der Waals surface area contributed by atoms with E-state index in [1.807, 2.05) is 0 Å². The SMILES string of the molecule is CC(=O)Oc1ccccc1-c1noc(-c2ccc(NCC(=O)OC(C)(C)C)cc2OC(C)=O)n1. The number of anilines is 1. The zero-order chi connectivity index (χ0) is 24.9. The van der Waals surface area contributed by atoms with Crippen LogP contribution in [0.5, 0.6) is 11.5 Å². The third-order valence-corrected chi connectivity index (χ3v) is 4.13. The quantitative estimate of drug-likeness (QED) is 0.402. The normalized spacial score (nSPS) is 11.0. The summed E-state index contributed by atoms with van der Waals surface area (Å²) in [5, 5.41) is 6.91. The number of nitrogens with one attached hydrogen (secondary N) is 1. The van der Waals surface area contributed by atoms with Crippen LogP contribution in [0.3, 0.4) is 0 Å². The number of rotatable bonds is 7. The third-order valence-electron chi connectivity index (χ3n) is 4.13. The lowest BCUT2D eigenvalue weighted by Gasteiger charge is -2.19. The van der Waals surface area contributed by atoms with Crippen molar-refractivity contribution in [2.75, 3.05) is 11.9 Å².